The zero-order valence-corrected chi connectivity index (χ0v) is 10.5. The Morgan fingerprint density at radius 1 is 1.59 bits per heavy atom. The number of nitriles is 1. The summed E-state index contributed by atoms with van der Waals surface area (Å²) in [6.07, 6.45) is 2.00. The normalized spacial score (nSPS) is 16.3. The molecule has 90 valence electrons. The fraction of sp³-hybridized carbons (Fsp3) is 0.462. The van der Waals surface area contributed by atoms with E-state index in [9.17, 15) is 0 Å². The van der Waals surface area contributed by atoms with E-state index in [1.807, 2.05) is 18.2 Å². The highest BCUT2D eigenvalue weighted by Crippen LogP contribution is 2.28. The van der Waals surface area contributed by atoms with Crippen LogP contribution in [0.4, 0.5) is 0 Å². The second-order valence-electron chi connectivity index (χ2n) is 4.26. The predicted octanol–water partition coefficient (Wildman–Crippen LogP) is 2.88. The third-order valence-corrected chi connectivity index (χ3v) is 3.06. The highest BCUT2D eigenvalue weighted by Gasteiger charge is 2.21. The van der Waals surface area contributed by atoms with Gasteiger partial charge >= 0.3 is 0 Å². The Hall–Kier alpha value is -1.24. The number of ether oxygens (including phenoxy) is 1. The van der Waals surface area contributed by atoms with Crippen LogP contribution in [0.15, 0.2) is 18.2 Å². The Labute approximate surface area is 106 Å². The maximum Gasteiger partial charge on any atom is 0.181 e. The molecule has 4 heteroatoms. The molecule has 0 saturated heterocycles. The van der Waals surface area contributed by atoms with Gasteiger partial charge in [0.2, 0.25) is 0 Å². The molecule has 1 aliphatic rings. The second kappa shape index (κ2) is 5.39. The minimum Gasteiger partial charge on any atom is -0.475 e. The summed E-state index contributed by atoms with van der Waals surface area (Å²) in [5.41, 5.74) is 0.933. The molecule has 17 heavy (non-hydrogen) atoms. The summed E-state index contributed by atoms with van der Waals surface area (Å²) < 4.78 is 5.54. The van der Waals surface area contributed by atoms with Crippen molar-refractivity contribution in [2.24, 2.45) is 0 Å². The van der Waals surface area contributed by atoms with Gasteiger partial charge in [0.05, 0.1) is 0 Å². The molecule has 2 rings (SSSR count). The van der Waals surface area contributed by atoms with Gasteiger partial charge in [-0.2, -0.15) is 5.26 Å². The summed E-state index contributed by atoms with van der Waals surface area (Å²) >= 11 is 6.16. The van der Waals surface area contributed by atoms with Gasteiger partial charge < -0.3 is 10.1 Å². The first-order valence-electron chi connectivity index (χ1n) is 5.77. The average Bonchev–Trinajstić information content (AvgIpc) is 3.12. The van der Waals surface area contributed by atoms with Crippen LogP contribution in [-0.4, -0.2) is 12.1 Å². The molecule has 1 unspecified atom stereocenters. The van der Waals surface area contributed by atoms with Gasteiger partial charge in [0.1, 0.15) is 11.8 Å². The predicted molar refractivity (Wildman–Crippen MR) is 67.0 cm³/mol. The van der Waals surface area contributed by atoms with Crippen molar-refractivity contribution in [1.82, 2.24) is 5.32 Å². The van der Waals surface area contributed by atoms with Crippen LogP contribution in [0.3, 0.4) is 0 Å². The van der Waals surface area contributed by atoms with Gasteiger partial charge in [0.25, 0.3) is 0 Å². The first-order valence-corrected chi connectivity index (χ1v) is 6.15. The van der Waals surface area contributed by atoms with Gasteiger partial charge in [0.15, 0.2) is 6.10 Å². The third-order valence-electron chi connectivity index (χ3n) is 2.71. The van der Waals surface area contributed by atoms with Gasteiger partial charge in [-0.05, 0) is 31.9 Å². The highest BCUT2D eigenvalue weighted by molar-refractivity contribution is 6.31. The van der Waals surface area contributed by atoms with Crippen LogP contribution < -0.4 is 10.1 Å². The number of benzene rings is 1. The van der Waals surface area contributed by atoms with E-state index in [0.717, 1.165) is 5.56 Å². The van der Waals surface area contributed by atoms with E-state index in [2.05, 4.69) is 11.4 Å². The fourth-order valence-corrected chi connectivity index (χ4v) is 1.80. The van der Waals surface area contributed by atoms with Gasteiger partial charge in [-0.1, -0.05) is 17.7 Å². The summed E-state index contributed by atoms with van der Waals surface area (Å²) in [5, 5.41) is 12.8. The zero-order chi connectivity index (χ0) is 12.3. The molecule has 1 aromatic rings. The van der Waals surface area contributed by atoms with Crippen LogP contribution in [0.5, 0.6) is 5.75 Å². The van der Waals surface area contributed by atoms with Gasteiger partial charge in [-0.15, -0.1) is 0 Å². The maximum absolute atomic E-state index is 8.76. The van der Waals surface area contributed by atoms with Crippen molar-refractivity contribution in [2.45, 2.75) is 38.5 Å². The van der Waals surface area contributed by atoms with E-state index >= 15 is 0 Å². The number of nitrogens with zero attached hydrogens (tertiary/aromatic N) is 1. The van der Waals surface area contributed by atoms with E-state index in [0.29, 0.717) is 23.4 Å². The number of hydrogen-bond donors (Lipinski definition) is 1. The smallest absolute Gasteiger partial charge is 0.181 e. The first kappa shape index (κ1) is 12.2. The van der Waals surface area contributed by atoms with E-state index in [4.69, 9.17) is 21.6 Å². The van der Waals surface area contributed by atoms with Crippen molar-refractivity contribution >= 4 is 11.6 Å². The summed E-state index contributed by atoms with van der Waals surface area (Å²) in [6.45, 7) is 2.41. The lowest BCUT2D eigenvalue weighted by Crippen LogP contribution is -2.17. The maximum atomic E-state index is 8.76. The van der Waals surface area contributed by atoms with Gasteiger partial charge in [-0.3, -0.25) is 0 Å². The monoisotopic (exact) mass is 250 g/mol. The van der Waals surface area contributed by atoms with Gasteiger partial charge in [-0.25, -0.2) is 0 Å². The molecule has 1 aromatic carbocycles. The number of halogens is 1. The second-order valence-corrected chi connectivity index (χ2v) is 4.67. The fourth-order valence-electron chi connectivity index (χ4n) is 1.57. The molecular formula is C13H15ClN2O. The molecule has 1 N–H and O–H groups in total. The SMILES string of the molecule is CC(C#N)Oc1cccc(Cl)c1CNC1CC1. The van der Waals surface area contributed by atoms with Crippen molar-refractivity contribution in [1.29, 1.82) is 5.26 Å². The number of hydrogen-bond acceptors (Lipinski definition) is 3. The molecule has 1 aliphatic carbocycles. The van der Waals surface area contributed by atoms with Crippen molar-refractivity contribution in [2.75, 3.05) is 0 Å². The molecule has 0 aliphatic heterocycles. The van der Waals surface area contributed by atoms with E-state index in [1.165, 1.54) is 12.8 Å². The van der Waals surface area contributed by atoms with E-state index in [1.54, 1.807) is 6.92 Å². The van der Waals surface area contributed by atoms with Crippen molar-refractivity contribution in [3.8, 4) is 11.8 Å². The quantitative estimate of drug-likeness (QED) is 0.874. The summed E-state index contributed by atoms with van der Waals surface area (Å²) in [7, 11) is 0. The molecule has 3 nitrogen and oxygen atoms in total. The van der Waals surface area contributed by atoms with Crippen molar-refractivity contribution in [3.63, 3.8) is 0 Å². The Morgan fingerprint density at radius 3 is 3.00 bits per heavy atom. The minimum atomic E-state index is -0.465. The summed E-state index contributed by atoms with van der Waals surface area (Å²) in [6, 6.07) is 8.20. The first-order chi connectivity index (χ1) is 8.20. The Balaban J connectivity index is 2.11. The molecular weight excluding hydrogens is 236 g/mol. The Bertz CT molecular complexity index is 438. The lowest BCUT2D eigenvalue weighted by atomic mass is 10.2. The molecule has 0 aromatic heterocycles. The minimum absolute atomic E-state index is 0.465. The van der Waals surface area contributed by atoms with Crippen LogP contribution in [0.1, 0.15) is 25.3 Å². The largest absolute Gasteiger partial charge is 0.475 e. The highest BCUT2D eigenvalue weighted by atomic mass is 35.5. The number of nitrogens with one attached hydrogen (secondary N) is 1. The zero-order valence-electron chi connectivity index (χ0n) is 9.74. The summed E-state index contributed by atoms with van der Waals surface area (Å²) in [5.74, 6) is 0.694. The van der Waals surface area contributed by atoms with Crippen LogP contribution in [0, 0.1) is 11.3 Å². The van der Waals surface area contributed by atoms with Crippen LogP contribution in [0.25, 0.3) is 0 Å². The lowest BCUT2D eigenvalue weighted by Gasteiger charge is -2.14. The molecule has 1 atom stereocenters. The third kappa shape index (κ3) is 3.36. The topological polar surface area (TPSA) is 45.0 Å². The molecule has 0 amide bonds. The Kier molecular flexibility index (Phi) is 3.88. The van der Waals surface area contributed by atoms with Crippen LogP contribution >= 0.6 is 11.6 Å². The van der Waals surface area contributed by atoms with Crippen molar-refractivity contribution < 1.29 is 4.74 Å². The standard InChI is InChI=1S/C13H15ClN2O/c1-9(7-15)17-13-4-2-3-12(14)11(13)8-16-10-5-6-10/h2-4,9-10,16H,5-6,8H2,1H3. The molecule has 1 fully saturated rings. The average molecular weight is 251 g/mol. The van der Waals surface area contributed by atoms with Gasteiger partial charge in [0, 0.05) is 23.2 Å². The Morgan fingerprint density at radius 2 is 2.35 bits per heavy atom. The number of rotatable bonds is 5. The summed E-state index contributed by atoms with van der Waals surface area (Å²) in [4.78, 5) is 0. The lowest BCUT2D eigenvalue weighted by molar-refractivity contribution is 0.273. The van der Waals surface area contributed by atoms with E-state index in [-0.39, 0.29) is 0 Å². The molecule has 0 heterocycles. The van der Waals surface area contributed by atoms with E-state index < -0.39 is 6.10 Å². The molecule has 1 saturated carbocycles. The molecule has 0 spiro atoms. The molecule has 0 bridgehead atoms. The van der Waals surface area contributed by atoms with Crippen LogP contribution in [-0.2, 0) is 6.54 Å². The molecule has 0 radical (unpaired) electrons. The van der Waals surface area contributed by atoms with Crippen molar-refractivity contribution in [3.05, 3.63) is 28.8 Å². The van der Waals surface area contributed by atoms with Crippen LogP contribution in [0.2, 0.25) is 5.02 Å².